The van der Waals surface area contributed by atoms with Crippen molar-refractivity contribution in [1.29, 1.82) is 0 Å². The number of amides is 1. The molecule has 1 amide bonds. The molecule has 2 aromatic rings. The van der Waals surface area contributed by atoms with Gasteiger partial charge in [-0.15, -0.1) is 0 Å². The molecule has 0 atom stereocenters. The van der Waals surface area contributed by atoms with Crippen molar-refractivity contribution in [3.05, 3.63) is 53.9 Å². The lowest BCUT2D eigenvalue weighted by atomic mass is 10.2. The van der Waals surface area contributed by atoms with Crippen molar-refractivity contribution >= 4 is 5.91 Å². The lowest BCUT2D eigenvalue weighted by Crippen LogP contribution is -2.42. The standard InChI is InChI=1S/C19H25FN4O2/c1-16(25)23(8-7-22-9-11-26-12-10-22)15-19-21-5-6-24(19)14-17-3-2-4-18(20)13-17/h2-6,13H,7-12,14-15H2,1H3. The number of aromatic nitrogens is 2. The zero-order valence-electron chi connectivity index (χ0n) is 15.1. The van der Waals surface area contributed by atoms with Gasteiger partial charge in [0.1, 0.15) is 11.6 Å². The van der Waals surface area contributed by atoms with Crippen LogP contribution in [0.5, 0.6) is 0 Å². The Kier molecular flexibility index (Phi) is 6.35. The van der Waals surface area contributed by atoms with Gasteiger partial charge in [0, 0.05) is 52.0 Å². The van der Waals surface area contributed by atoms with Gasteiger partial charge in [-0.3, -0.25) is 9.69 Å². The summed E-state index contributed by atoms with van der Waals surface area (Å²) in [5.74, 6) is 0.574. The Labute approximate surface area is 153 Å². The van der Waals surface area contributed by atoms with Gasteiger partial charge in [-0.05, 0) is 17.7 Å². The average Bonchev–Trinajstić information content (AvgIpc) is 3.06. The molecule has 140 valence electrons. The first-order valence-corrected chi connectivity index (χ1v) is 8.92. The lowest BCUT2D eigenvalue weighted by Gasteiger charge is -2.29. The van der Waals surface area contributed by atoms with Crippen LogP contribution < -0.4 is 0 Å². The number of rotatable bonds is 7. The molecule has 0 radical (unpaired) electrons. The number of imidazole rings is 1. The van der Waals surface area contributed by atoms with Crippen LogP contribution in [0.2, 0.25) is 0 Å². The zero-order chi connectivity index (χ0) is 18.4. The summed E-state index contributed by atoms with van der Waals surface area (Å²) >= 11 is 0. The molecule has 26 heavy (non-hydrogen) atoms. The first kappa shape index (κ1) is 18.5. The predicted molar refractivity (Wildman–Crippen MR) is 96.1 cm³/mol. The molecule has 0 N–H and O–H groups in total. The number of hydrogen-bond donors (Lipinski definition) is 0. The summed E-state index contributed by atoms with van der Waals surface area (Å²) in [6.45, 7) is 7.34. The molecule has 0 aliphatic carbocycles. The Hall–Kier alpha value is -2.25. The van der Waals surface area contributed by atoms with E-state index >= 15 is 0 Å². The maximum atomic E-state index is 13.4. The number of benzene rings is 1. The first-order chi connectivity index (χ1) is 12.6. The van der Waals surface area contributed by atoms with Gasteiger partial charge in [-0.1, -0.05) is 12.1 Å². The molecule has 0 bridgehead atoms. The summed E-state index contributed by atoms with van der Waals surface area (Å²) in [5, 5.41) is 0. The van der Waals surface area contributed by atoms with Gasteiger partial charge >= 0.3 is 0 Å². The highest BCUT2D eigenvalue weighted by atomic mass is 19.1. The van der Waals surface area contributed by atoms with Gasteiger partial charge in [0.05, 0.1) is 19.8 Å². The van der Waals surface area contributed by atoms with Crippen molar-refractivity contribution in [2.24, 2.45) is 0 Å². The molecule has 1 aromatic heterocycles. The minimum absolute atomic E-state index is 0.0264. The highest BCUT2D eigenvalue weighted by Gasteiger charge is 2.16. The molecule has 1 fully saturated rings. The van der Waals surface area contributed by atoms with Gasteiger partial charge in [0.25, 0.3) is 0 Å². The third-order valence-electron chi connectivity index (χ3n) is 4.61. The van der Waals surface area contributed by atoms with Crippen LogP contribution in [-0.2, 0) is 22.6 Å². The van der Waals surface area contributed by atoms with Crippen LogP contribution in [0.15, 0.2) is 36.7 Å². The molecule has 1 saturated heterocycles. The van der Waals surface area contributed by atoms with Crippen molar-refractivity contribution in [2.75, 3.05) is 39.4 Å². The third-order valence-corrected chi connectivity index (χ3v) is 4.61. The predicted octanol–water partition coefficient (Wildman–Crippen LogP) is 1.75. The minimum Gasteiger partial charge on any atom is -0.379 e. The highest BCUT2D eigenvalue weighted by molar-refractivity contribution is 5.73. The van der Waals surface area contributed by atoms with Crippen LogP contribution >= 0.6 is 0 Å². The molecule has 1 aliphatic rings. The molecule has 7 heteroatoms. The van der Waals surface area contributed by atoms with E-state index in [1.54, 1.807) is 24.1 Å². The molecular weight excluding hydrogens is 335 g/mol. The van der Waals surface area contributed by atoms with E-state index in [0.717, 1.165) is 44.2 Å². The van der Waals surface area contributed by atoms with E-state index in [0.29, 0.717) is 19.6 Å². The van der Waals surface area contributed by atoms with Crippen molar-refractivity contribution in [3.63, 3.8) is 0 Å². The summed E-state index contributed by atoms with van der Waals surface area (Å²) in [5.41, 5.74) is 0.868. The fourth-order valence-corrected chi connectivity index (χ4v) is 3.07. The number of carbonyl (C=O) groups is 1. The summed E-state index contributed by atoms with van der Waals surface area (Å²) < 4.78 is 20.7. The summed E-state index contributed by atoms with van der Waals surface area (Å²) in [4.78, 5) is 20.6. The Morgan fingerprint density at radius 1 is 1.35 bits per heavy atom. The molecule has 0 saturated carbocycles. The monoisotopic (exact) mass is 360 g/mol. The van der Waals surface area contributed by atoms with Crippen molar-refractivity contribution in [2.45, 2.75) is 20.0 Å². The van der Waals surface area contributed by atoms with E-state index in [-0.39, 0.29) is 11.7 Å². The van der Waals surface area contributed by atoms with E-state index in [4.69, 9.17) is 4.74 Å². The maximum absolute atomic E-state index is 13.4. The number of halogens is 1. The van der Waals surface area contributed by atoms with Crippen LogP contribution in [0, 0.1) is 5.82 Å². The van der Waals surface area contributed by atoms with Crippen LogP contribution in [0.4, 0.5) is 4.39 Å². The SMILES string of the molecule is CC(=O)N(CCN1CCOCC1)Cc1nccn1Cc1cccc(F)c1. The van der Waals surface area contributed by atoms with Gasteiger partial charge in [0.2, 0.25) is 5.91 Å². The molecule has 1 aromatic carbocycles. The normalized spacial score (nSPS) is 15.2. The lowest BCUT2D eigenvalue weighted by molar-refractivity contribution is -0.129. The Balaban J connectivity index is 1.62. The fourth-order valence-electron chi connectivity index (χ4n) is 3.07. The van der Waals surface area contributed by atoms with Crippen LogP contribution in [0.1, 0.15) is 18.3 Å². The van der Waals surface area contributed by atoms with Crippen LogP contribution in [0.25, 0.3) is 0 Å². The van der Waals surface area contributed by atoms with E-state index in [9.17, 15) is 9.18 Å². The summed E-state index contributed by atoms with van der Waals surface area (Å²) in [7, 11) is 0. The van der Waals surface area contributed by atoms with E-state index in [1.807, 2.05) is 16.8 Å². The van der Waals surface area contributed by atoms with Gasteiger partial charge in [-0.25, -0.2) is 9.37 Å². The summed E-state index contributed by atoms with van der Waals surface area (Å²) in [6.07, 6.45) is 3.58. The average molecular weight is 360 g/mol. The first-order valence-electron chi connectivity index (χ1n) is 8.92. The van der Waals surface area contributed by atoms with Crippen molar-refractivity contribution in [1.82, 2.24) is 19.4 Å². The minimum atomic E-state index is -0.250. The van der Waals surface area contributed by atoms with Crippen LogP contribution in [-0.4, -0.2) is 64.7 Å². The van der Waals surface area contributed by atoms with E-state index in [2.05, 4.69) is 9.88 Å². The molecule has 2 heterocycles. The zero-order valence-corrected chi connectivity index (χ0v) is 15.1. The maximum Gasteiger partial charge on any atom is 0.219 e. The second-order valence-electron chi connectivity index (χ2n) is 6.50. The Morgan fingerprint density at radius 2 is 2.15 bits per heavy atom. The second kappa shape index (κ2) is 8.91. The number of ether oxygens (including phenoxy) is 1. The molecule has 6 nitrogen and oxygen atoms in total. The molecular formula is C19H25FN4O2. The number of morpholine rings is 1. The Morgan fingerprint density at radius 3 is 2.88 bits per heavy atom. The summed E-state index contributed by atoms with van der Waals surface area (Å²) in [6, 6.07) is 6.53. The fraction of sp³-hybridized carbons (Fsp3) is 0.474. The Bertz CT molecular complexity index is 728. The third kappa shape index (κ3) is 5.12. The van der Waals surface area contributed by atoms with Crippen molar-refractivity contribution < 1.29 is 13.9 Å². The van der Waals surface area contributed by atoms with Crippen molar-refractivity contribution in [3.8, 4) is 0 Å². The van der Waals surface area contributed by atoms with E-state index < -0.39 is 0 Å². The topological polar surface area (TPSA) is 50.6 Å². The quantitative estimate of drug-likeness (QED) is 0.755. The smallest absolute Gasteiger partial charge is 0.219 e. The molecule has 3 rings (SSSR count). The highest BCUT2D eigenvalue weighted by Crippen LogP contribution is 2.10. The van der Waals surface area contributed by atoms with Gasteiger partial charge < -0.3 is 14.2 Å². The second-order valence-corrected chi connectivity index (χ2v) is 6.50. The largest absolute Gasteiger partial charge is 0.379 e. The van der Waals surface area contributed by atoms with E-state index in [1.165, 1.54) is 12.1 Å². The molecule has 1 aliphatic heterocycles. The van der Waals surface area contributed by atoms with Crippen LogP contribution in [0.3, 0.4) is 0 Å². The number of carbonyl (C=O) groups excluding carboxylic acids is 1. The van der Waals surface area contributed by atoms with Gasteiger partial charge in [0.15, 0.2) is 0 Å². The number of hydrogen-bond acceptors (Lipinski definition) is 4. The van der Waals surface area contributed by atoms with Gasteiger partial charge in [-0.2, -0.15) is 0 Å². The molecule has 0 spiro atoms. The number of nitrogens with zero attached hydrogens (tertiary/aromatic N) is 4. The molecule has 0 unspecified atom stereocenters.